The van der Waals surface area contributed by atoms with Crippen molar-refractivity contribution in [1.29, 1.82) is 0 Å². The van der Waals surface area contributed by atoms with Gasteiger partial charge in [-0.15, -0.1) is 0 Å². The van der Waals surface area contributed by atoms with Crippen LogP contribution in [0.5, 0.6) is 0 Å². The first kappa shape index (κ1) is 78.5. The summed E-state index contributed by atoms with van der Waals surface area (Å²) < 4.78 is 6.11. The van der Waals surface area contributed by atoms with E-state index in [1.54, 1.807) is 55.0 Å². The van der Waals surface area contributed by atoms with Crippen molar-refractivity contribution in [2.45, 2.75) is 202 Å². The van der Waals surface area contributed by atoms with E-state index in [4.69, 9.17) is 10.5 Å². The fourth-order valence-corrected chi connectivity index (χ4v) is 13.4. The van der Waals surface area contributed by atoms with Gasteiger partial charge in [-0.05, 0) is 106 Å². The maximum Gasteiger partial charge on any atom is 0.312 e. The molecule has 2 heterocycles. The number of Topliss-reactive ketones (excluding diaryl/α,β-unsaturated/α-hetero) is 3. The number of benzene rings is 2. The molecule has 22 heteroatoms. The molecule has 0 radical (unpaired) electrons. The van der Waals surface area contributed by atoms with Gasteiger partial charge in [0.15, 0.2) is 11.6 Å². The predicted molar refractivity (Wildman–Crippen MR) is 358 cm³/mol. The highest BCUT2D eigenvalue weighted by molar-refractivity contribution is 6.03. The summed E-state index contributed by atoms with van der Waals surface area (Å²) in [6.07, 6.45) is 3.69. The van der Waals surface area contributed by atoms with Crippen molar-refractivity contribution >= 4 is 70.4 Å². The topological polar surface area (TPSA) is 304 Å². The lowest BCUT2D eigenvalue weighted by molar-refractivity contribution is -0.148. The number of primary amides is 1. The number of carbonyl (C=O) groups excluding carboxylic acids is 11. The zero-order valence-electron chi connectivity index (χ0n) is 58.0. The number of nitrogens with one attached hydrogen (secondary N) is 4. The maximum absolute atomic E-state index is 14.6. The zero-order chi connectivity index (χ0) is 69.4. The van der Waals surface area contributed by atoms with Gasteiger partial charge in [0, 0.05) is 114 Å². The molecule has 0 aromatic heterocycles. The molecule has 9 amide bonds. The Morgan fingerprint density at radius 2 is 1.39 bits per heavy atom. The zero-order valence-corrected chi connectivity index (χ0v) is 58.0. The van der Waals surface area contributed by atoms with E-state index in [2.05, 4.69) is 21.3 Å². The second kappa shape index (κ2) is 38.5. The summed E-state index contributed by atoms with van der Waals surface area (Å²) in [7, 11) is 7.00. The summed E-state index contributed by atoms with van der Waals surface area (Å²) in [5.74, 6) is -6.34. The molecule has 22 nitrogen and oxygen atoms in total. The van der Waals surface area contributed by atoms with Crippen molar-refractivity contribution in [3.05, 3.63) is 65.7 Å². The number of nitrogens with two attached hydrogens (primary N) is 1. The molecule has 4 rings (SSSR count). The highest BCUT2D eigenvalue weighted by Gasteiger charge is 2.44. The van der Waals surface area contributed by atoms with E-state index in [1.807, 2.05) is 105 Å². The minimum Gasteiger partial charge on any atom is -0.396 e. The number of unbranched alkanes of at least 4 members (excludes halogenated alkanes) is 2. The molecule has 0 bridgehead atoms. The van der Waals surface area contributed by atoms with Crippen molar-refractivity contribution in [3.8, 4) is 0 Å². The summed E-state index contributed by atoms with van der Waals surface area (Å²) in [6.45, 7) is 19.4. The number of hydrogen-bond donors (Lipinski definition) is 6. The molecule has 2 fully saturated rings. The average Bonchev–Trinajstić information content (AvgIpc) is 1.72. The number of rotatable bonds is 41. The quantitative estimate of drug-likeness (QED) is 0.0291. The van der Waals surface area contributed by atoms with Gasteiger partial charge in [0.1, 0.15) is 11.8 Å². The van der Waals surface area contributed by atoms with E-state index < -0.39 is 84.3 Å². The van der Waals surface area contributed by atoms with Crippen LogP contribution in [0, 0.1) is 53.3 Å². The van der Waals surface area contributed by atoms with Gasteiger partial charge in [-0.1, -0.05) is 125 Å². The molecule has 2 aromatic carbocycles. The summed E-state index contributed by atoms with van der Waals surface area (Å²) in [5.41, 5.74) is 7.03. The van der Waals surface area contributed by atoms with E-state index in [-0.39, 0.29) is 141 Å². The Morgan fingerprint density at radius 3 is 1.95 bits per heavy atom. The number of carbonyl (C=O) groups is 11. The van der Waals surface area contributed by atoms with E-state index in [9.17, 15) is 57.8 Å². The summed E-state index contributed by atoms with van der Waals surface area (Å²) in [5, 5.41) is 22.3. The standard InChI is InChI=1S/C71H111N9O13/c1-15-46(8)65(78(13)70(91)54(44(4)5)40-60(84)64(45(6)7)77(11)12)61(93-14)41-63(86)79-35-23-28-58(79)55(42-81)48(10)66(87)76-57(37-49-24-18-16-19-25-49)59(83)38-50-29-31-51(32-30-50)74-68(89)56(27-22-33-73-71(72)92)75-67(88)53(43(2)3)39-52(82)26-20-17-21-34-80-62(85)36-47(9)69(80)90/h16,18-19,24-25,29-32,43-48,53-58,61,64-65,81H,15,17,20-23,26-28,33-42H2,1-14H3,(H,74,89)(H,75,88)(H,76,87)(H3,72,73,92)/t46-,47?,48+,53-,54-,55+,56-,57?,58-,61+,64-,65-/m0/s1. The molecule has 2 aromatic rings. The average molecular weight is 1300 g/mol. The Bertz CT molecular complexity index is 2800. The Kier molecular flexibility index (Phi) is 32.5. The Hall–Kier alpha value is -6.91. The van der Waals surface area contributed by atoms with Gasteiger partial charge in [-0.3, -0.25) is 57.7 Å². The number of likely N-dealkylation sites (tertiary alicyclic amines) is 2. The Morgan fingerprint density at radius 1 is 0.742 bits per heavy atom. The molecule has 7 N–H and O–H groups in total. The molecule has 2 aliphatic rings. The van der Waals surface area contributed by atoms with Gasteiger partial charge in [0.25, 0.3) is 0 Å². The van der Waals surface area contributed by atoms with E-state index in [0.29, 0.717) is 62.9 Å². The lowest BCUT2D eigenvalue weighted by Gasteiger charge is -2.41. The minimum atomic E-state index is -1.07. The van der Waals surface area contributed by atoms with Crippen LogP contribution >= 0.6 is 0 Å². The van der Waals surface area contributed by atoms with E-state index in [1.165, 1.54) is 12.0 Å². The lowest BCUT2D eigenvalue weighted by Crippen LogP contribution is -2.54. The van der Waals surface area contributed by atoms with Crippen LogP contribution in [0.3, 0.4) is 0 Å². The Balaban J connectivity index is 1.45. The molecule has 2 aliphatic heterocycles. The van der Waals surface area contributed by atoms with Crippen LogP contribution < -0.4 is 27.0 Å². The van der Waals surface area contributed by atoms with Crippen LogP contribution in [0.15, 0.2) is 54.6 Å². The molecular formula is C71H111N9O13. The molecule has 2 saturated heterocycles. The summed E-state index contributed by atoms with van der Waals surface area (Å²) in [6, 6.07) is 11.7. The van der Waals surface area contributed by atoms with Gasteiger partial charge >= 0.3 is 6.03 Å². The number of amides is 9. The van der Waals surface area contributed by atoms with Crippen molar-refractivity contribution in [2.75, 3.05) is 59.8 Å². The number of nitrogens with zero attached hydrogens (tertiary/aromatic N) is 4. The number of aliphatic hydroxyl groups is 1. The highest BCUT2D eigenvalue weighted by Crippen LogP contribution is 2.33. The van der Waals surface area contributed by atoms with Crippen LogP contribution in [0.25, 0.3) is 0 Å². The predicted octanol–water partition coefficient (Wildman–Crippen LogP) is 6.92. The van der Waals surface area contributed by atoms with Crippen molar-refractivity contribution in [3.63, 3.8) is 0 Å². The van der Waals surface area contributed by atoms with Gasteiger partial charge in [0.05, 0.1) is 30.7 Å². The largest absolute Gasteiger partial charge is 0.396 e. The molecule has 93 heavy (non-hydrogen) atoms. The van der Waals surface area contributed by atoms with Crippen LogP contribution in [-0.2, 0) is 65.5 Å². The third kappa shape index (κ3) is 23.5. The SMILES string of the molecule is CC[C@H](C)[C@@H]([C@@H](CC(=O)N1CCC[C@H]1[C@H](CO)[C@@H](C)C(=O)NC(Cc1ccccc1)C(=O)Cc1ccc(NC(=O)[C@H](CCCNC(N)=O)NC(=O)[C@@H](CC(=O)CCCCCN2C(=O)CC(C)C2=O)C(C)C)cc1)OC)N(C)C(=O)[C@@H](CC(=O)[C@H](C(C)C)N(C)C)C(C)C. The summed E-state index contributed by atoms with van der Waals surface area (Å²) in [4.78, 5) is 155. The Labute approximate surface area is 552 Å². The number of anilines is 1. The van der Waals surface area contributed by atoms with Gasteiger partial charge in [-0.25, -0.2) is 4.79 Å². The van der Waals surface area contributed by atoms with Gasteiger partial charge < -0.3 is 46.6 Å². The van der Waals surface area contributed by atoms with E-state index >= 15 is 0 Å². The first-order chi connectivity index (χ1) is 43.9. The molecular weight excluding hydrogens is 1190 g/mol. The number of methoxy groups -OCH3 is 1. The molecule has 0 saturated carbocycles. The van der Waals surface area contributed by atoms with Crippen molar-refractivity contribution < 1.29 is 62.6 Å². The number of aliphatic hydroxyl groups excluding tert-OH is 1. The first-order valence-corrected chi connectivity index (χ1v) is 33.8. The number of urea groups is 1. The van der Waals surface area contributed by atoms with Crippen LogP contribution in [-0.4, -0.2) is 180 Å². The van der Waals surface area contributed by atoms with Crippen molar-refractivity contribution in [1.82, 2.24) is 35.6 Å². The highest BCUT2D eigenvalue weighted by atomic mass is 16.5. The fraction of sp³-hybridized carbons (Fsp3) is 0.676. The lowest BCUT2D eigenvalue weighted by atomic mass is 9.83. The summed E-state index contributed by atoms with van der Waals surface area (Å²) >= 11 is 0. The first-order valence-electron chi connectivity index (χ1n) is 33.8. The number of ketones is 3. The van der Waals surface area contributed by atoms with Crippen LogP contribution in [0.1, 0.15) is 164 Å². The normalized spacial score (nSPS) is 18.3. The van der Waals surface area contributed by atoms with Gasteiger partial charge in [-0.2, -0.15) is 0 Å². The van der Waals surface area contributed by atoms with E-state index in [0.717, 1.165) is 5.56 Å². The smallest absolute Gasteiger partial charge is 0.312 e. The minimum absolute atomic E-state index is 0.000678. The number of hydrogen-bond acceptors (Lipinski definition) is 14. The van der Waals surface area contributed by atoms with Crippen LogP contribution in [0.2, 0.25) is 0 Å². The molecule has 12 atom stereocenters. The third-order valence-corrected chi connectivity index (χ3v) is 19.1. The fourth-order valence-electron chi connectivity index (χ4n) is 13.4. The third-order valence-electron chi connectivity index (χ3n) is 19.1. The monoisotopic (exact) mass is 1300 g/mol. The number of imide groups is 1. The number of ether oxygens (including phenoxy) is 1. The second-order valence-corrected chi connectivity index (χ2v) is 27.4. The van der Waals surface area contributed by atoms with Crippen LogP contribution in [0.4, 0.5) is 10.5 Å². The number of likely N-dealkylation sites (N-methyl/N-ethyl adjacent to an activating group) is 2. The van der Waals surface area contributed by atoms with Gasteiger partial charge in [0.2, 0.25) is 41.4 Å². The molecule has 518 valence electrons. The molecule has 2 unspecified atom stereocenters. The maximum atomic E-state index is 14.6. The molecule has 0 aliphatic carbocycles. The van der Waals surface area contributed by atoms with Crippen molar-refractivity contribution in [2.24, 2.45) is 59.0 Å². The second-order valence-electron chi connectivity index (χ2n) is 27.4. The molecule has 0 spiro atoms.